The van der Waals surface area contributed by atoms with Gasteiger partial charge in [-0.2, -0.15) is 0 Å². The molecule has 3 rings (SSSR count). The summed E-state index contributed by atoms with van der Waals surface area (Å²) in [6.07, 6.45) is 2.15. The molecule has 0 spiro atoms. The minimum Gasteiger partial charge on any atom is -0.497 e. The van der Waals surface area contributed by atoms with Gasteiger partial charge in [-0.05, 0) is 47.4 Å². The Morgan fingerprint density at radius 2 is 1.74 bits per heavy atom. The number of allylic oxidation sites excluding steroid dienone is 2. The molecule has 1 aliphatic rings. The van der Waals surface area contributed by atoms with Gasteiger partial charge in [0, 0.05) is 31.4 Å². The van der Waals surface area contributed by atoms with Crippen LogP contribution in [0.2, 0.25) is 0 Å². The predicted octanol–water partition coefficient (Wildman–Crippen LogP) is 4.91. The normalized spacial score (nSPS) is 14.7. The summed E-state index contributed by atoms with van der Waals surface area (Å²) in [4.78, 5) is 12.5. The highest BCUT2D eigenvalue weighted by molar-refractivity contribution is 7.90. The fourth-order valence-electron chi connectivity index (χ4n) is 3.45. The second-order valence-corrected chi connectivity index (χ2v) is 10.6. The Bertz CT molecular complexity index is 1050. The van der Waals surface area contributed by atoms with Gasteiger partial charge < -0.3 is 4.74 Å². The zero-order valence-electron chi connectivity index (χ0n) is 17.9. The van der Waals surface area contributed by atoms with Gasteiger partial charge >= 0.3 is 0 Å². The van der Waals surface area contributed by atoms with Gasteiger partial charge in [-0.15, -0.1) is 3.82 Å². The number of carbonyl (C=O) groups excluding carboxylic acids is 1. The number of hydrogen-bond acceptors (Lipinski definition) is 4. The third kappa shape index (κ3) is 6.19. The highest BCUT2D eigenvalue weighted by atomic mass is 35.5. The molecule has 0 aromatic heterocycles. The number of Topliss-reactive ketones (excluding diaryl/α,β-unsaturated/α-hetero) is 1. The summed E-state index contributed by atoms with van der Waals surface area (Å²) in [7, 11) is -3.74. The number of nitrogens with zero attached hydrogens (tertiary/aromatic N) is 1. The SMILES string of the molecule is CC(C)COC1=C(Cc2cccc(CCN(Cl)S(=O)(=O)c3ccccc3)c2)C(=O)CC1. The number of carbonyl (C=O) groups is 1. The first-order valence-corrected chi connectivity index (χ1v) is 12.2. The Morgan fingerprint density at radius 1 is 1.03 bits per heavy atom. The van der Waals surface area contributed by atoms with Gasteiger partial charge in [-0.3, -0.25) is 4.79 Å². The summed E-state index contributed by atoms with van der Waals surface area (Å²) in [6.45, 7) is 4.91. The first kappa shape index (κ1) is 23.5. The fourth-order valence-corrected chi connectivity index (χ4v) is 4.84. The molecule has 7 heteroatoms. The van der Waals surface area contributed by atoms with Gasteiger partial charge in [0.15, 0.2) is 5.78 Å². The summed E-state index contributed by atoms with van der Waals surface area (Å²) < 4.78 is 31.9. The quantitative estimate of drug-likeness (QED) is 0.472. The van der Waals surface area contributed by atoms with Crippen LogP contribution in [0.3, 0.4) is 0 Å². The monoisotopic (exact) mass is 461 g/mol. The van der Waals surface area contributed by atoms with Gasteiger partial charge in [-0.1, -0.05) is 56.3 Å². The average Bonchev–Trinajstić information content (AvgIpc) is 3.10. The van der Waals surface area contributed by atoms with Crippen LogP contribution in [-0.4, -0.2) is 31.2 Å². The summed E-state index contributed by atoms with van der Waals surface area (Å²) in [5.41, 5.74) is 2.71. The number of rotatable bonds is 10. The number of ketones is 1. The second-order valence-electron chi connectivity index (χ2n) is 8.11. The van der Waals surface area contributed by atoms with Crippen molar-refractivity contribution < 1.29 is 17.9 Å². The molecule has 0 bridgehead atoms. The molecule has 0 heterocycles. The van der Waals surface area contributed by atoms with E-state index in [1.807, 2.05) is 24.3 Å². The molecule has 166 valence electrons. The van der Waals surface area contributed by atoms with E-state index in [0.717, 1.165) is 26.3 Å². The van der Waals surface area contributed by atoms with Crippen LogP contribution in [-0.2, 0) is 32.4 Å². The van der Waals surface area contributed by atoms with Crippen LogP contribution in [0.4, 0.5) is 0 Å². The van der Waals surface area contributed by atoms with E-state index in [2.05, 4.69) is 13.8 Å². The number of benzene rings is 2. The molecule has 31 heavy (non-hydrogen) atoms. The topological polar surface area (TPSA) is 63.7 Å². The van der Waals surface area contributed by atoms with Crippen molar-refractivity contribution in [2.45, 2.75) is 44.4 Å². The van der Waals surface area contributed by atoms with Crippen molar-refractivity contribution in [3.63, 3.8) is 0 Å². The van der Waals surface area contributed by atoms with Crippen LogP contribution >= 0.6 is 11.8 Å². The summed E-state index contributed by atoms with van der Waals surface area (Å²) >= 11 is 6.11. The Hall–Kier alpha value is -2.15. The molecule has 2 aromatic rings. The van der Waals surface area contributed by atoms with E-state index in [9.17, 15) is 13.2 Å². The third-order valence-electron chi connectivity index (χ3n) is 5.09. The maximum absolute atomic E-state index is 12.6. The van der Waals surface area contributed by atoms with E-state index in [1.54, 1.807) is 18.2 Å². The Kier molecular flexibility index (Phi) is 7.92. The predicted molar refractivity (Wildman–Crippen MR) is 122 cm³/mol. The van der Waals surface area contributed by atoms with Gasteiger partial charge in [-0.25, -0.2) is 8.42 Å². The number of ether oxygens (including phenoxy) is 1. The lowest BCUT2D eigenvalue weighted by atomic mass is 10.0. The van der Waals surface area contributed by atoms with Crippen LogP contribution in [0.15, 0.2) is 70.8 Å². The third-order valence-corrected chi connectivity index (χ3v) is 7.38. The Labute approximate surface area is 189 Å². The van der Waals surface area contributed by atoms with Crippen molar-refractivity contribution in [3.8, 4) is 0 Å². The molecule has 0 saturated heterocycles. The molecule has 0 aliphatic heterocycles. The van der Waals surface area contributed by atoms with E-state index in [1.165, 1.54) is 12.1 Å². The van der Waals surface area contributed by atoms with E-state index < -0.39 is 10.0 Å². The van der Waals surface area contributed by atoms with E-state index in [4.69, 9.17) is 16.5 Å². The maximum atomic E-state index is 12.6. The average molecular weight is 462 g/mol. The minimum atomic E-state index is -3.74. The zero-order valence-corrected chi connectivity index (χ0v) is 19.5. The molecule has 0 fully saturated rings. The van der Waals surface area contributed by atoms with Crippen LogP contribution in [0, 0.1) is 5.92 Å². The van der Waals surface area contributed by atoms with Crippen molar-refractivity contribution in [2.75, 3.05) is 13.2 Å². The highest BCUT2D eigenvalue weighted by Gasteiger charge is 2.25. The van der Waals surface area contributed by atoms with Crippen LogP contribution in [0.1, 0.15) is 37.8 Å². The van der Waals surface area contributed by atoms with Crippen molar-refractivity contribution in [1.82, 2.24) is 3.82 Å². The lowest BCUT2D eigenvalue weighted by molar-refractivity contribution is -0.115. The van der Waals surface area contributed by atoms with Gasteiger partial charge in [0.2, 0.25) is 0 Å². The molecule has 0 radical (unpaired) electrons. The van der Waals surface area contributed by atoms with Crippen LogP contribution in [0.5, 0.6) is 0 Å². The summed E-state index contributed by atoms with van der Waals surface area (Å²) in [5, 5.41) is 0. The molecular weight excluding hydrogens is 434 g/mol. The van der Waals surface area contributed by atoms with Crippen LogP contribution < -0.4 is 0 Å². The first-order chi connectivity index (χ1) is 14.8. The Morgan fingerprint density at radius 3 is 2.45 bits per heavy atom. The van der Waals surface area contributed by atoms with Crippen molar-refractivity contribution >= 4 is 27.6 Å². The van der Waals surface area contributed by atoms with Crippen molar-refractivity contribution in [1.29, 1.82) is 0 Å². The van der Waals surface area contributed by atoms with E-state index >= 15 is 0 Å². The minimum absolute atomic E-state index is 0.144. The molecular formula is C24H28ClNO4S. The molecule has 0 amide bonds. The lowest BCUT2D eigenvalue weighted by Crippen LogP contribution is -2.24. The molecule has 0 atom stereocenters. The molecule has 2 aromatic carbocycles. The van der Waals surface area contributed by atoms with Gasteiger partial charge in [0.1, 0.15) is 5.76 Å². The summed E-state index contributed by atoms with van der Waals surface area (Å²) in [6, 6.07) is 16.0. The maximum Gasteiger partial charge on any atom is 0.256 e. The lowest BCUT2D eigenvalue weighted by Gasteiger charge is -2.15. The first-order valence-electron chi connectivity index (χ1n) is 10.5. The van der Waals surface area contributed by atoms with E-state index in [-0.39, 0.29) is 17.2 Å². The van der Waals surface area contributed by atoms with Crippen molar-refractivity contribution in [3.05, 3.63) is 77.1 Å². The number of sulfonamides is 1. The van der Waals surface area contributed by atoms with Gasteiger partial charge in [0.05, 0.1) is 11.5 Å². The summed E-state index contributed by atoms with van der Waals surface area (Å²) in [5.74, 6) is 1.36. The smallest absolute Gasteiger partial charge is 0.256 e. The largest absolute Gasteiger partial charge is 0.497 e. The highest BCUT2D eigenvalue weighted by Crippen LogP contribution is 2.28. The molecule has 0 N–H and O–H groups in total. The number of halogens is 1. The number of hydrogen-bond donors (Lipinski definition) is 0. The zero-order chi connectivity index (χ0) is 22.4. The van der Waals surface area contributed by atoms with Crippen LogP contribution in [0.25, 0.3) is 0 Å². The molecule has 0 unspecified atom stereocenters. The molecule has 5 nitrogen and oxygen atoms in total. The molecule has 0 saturated carbocycles. The van der Waals surface area contributed by atoms with Gasteiger partial charge in [0.25, 0.3) is 10.0 Å². The molecule has 1 aliphatic carbocycles. The Balaban J connectivity index is 1.66. The fraction of sp³-hybridized carbons (Fsp3) is 0.375. The standard InChI is InChI=1S/C24H28ClNO4S/c1-18(2)17-30-24-12-11-23(27)22(24)16-20-8-6-7-19(15-20)13-14-26(25)31(28,29)21-9-4-3-5-10-21/h3-10,15,18H,11-14,16-17H2,1-2H3. The second kappa shape index (κ2) is 10.4. The van der Waals surface area contributed by atoms with Crippen molar-refractivity contribution in [2.24, 2.45) is 5.92 Å². The van der Waals surface area contributed by atoms with E-state index in [0.29, 0.717) is 38.2 Å².